The summed E-state index contributed by atoms with van der Waals surface area (Å²) in [6.07, 6.45) is -4.50. The highest BCUT2D eigenvalue weighted by Gasteiger charge is 2.61. The molecule has 0 heterocycles. The Labute approximate surface area is 90.6 Å². The van der Waals surface area contributed by atoms with Gasteiger partial charge in [-0.3, -0.25) is 4.79 Å². The third kappa shape index (κ3) is 2.65. The average Bonchev–Trinajstić information content (AvgIpc) is 2.16. The Morgan fingerprint density at radius 3 is 2.00 bits per heavy atom. The number of rotatable bonds is 3. The quantitative estimate of drug-likeness (QED) is 0.771. The SMILES string of the molecule is O=C(O)CC(F)(C1CCCCC1)C(F)(F)F. The van der Waals surface area contributed by atoms with Gasteiger partial charge in [0.25, 0.3) is 0 Å². The highest BCUT2D eigenvalue weighted by Crippen LogP contribution is 2.47. The van der Waals surface area contributed by atoms with Crippen molar-refractivity contribution in [3.8, 4) is 0 Å². The van der Waals surface area contributed by atoms with Gasteiger partial charge in [-0.1, -0.05) is 19.3 Å². The van der Waals surface area contributed by atoms with E-state index in [0.717, 1.165) is 6.42 Å². The molecule has 1 fully saturated rings. The van der Waals surface area contributed by atoms with Crippen molar-refractivity contribution in [2.45, 2.75) is 50.4 Å². The minimum absolute atomic E-state index is 0.114. The Morgan fingerprint density at radius 1 is 1.12 bits per heavy atom. The van der Waals surface area contributed by atoms with Crippen LogP contribution in [0, 0.1) is 5.92 Å². The maximum absolute atomic E-state index is 13.9. The minimum atomic E-state index is -5.10. The maximum atomic E-state index is 13.9. The van der Waals surface area contributed by atoms with Gasteiger partial charge in [-0.15, -0.1) is 0 Å². The average molecular weight is 242 g/mol. The molecule has 0 aromatic carbocycles. The van der Waals surface area contributed by atoms with Crippen LogP contribution in [0.5, 0.6) is 0 Å². The molecule has 2 nitrogen and oxygen atoms in total. The lowest BCUT2D eigenvalue weighted by Gasteiger charge is -2.36. The third-order valence-electron chi connectivity index (χ3n) is 3.13. The third-order valence-corrected chi connectivity index (χ3v) is 3.13. The van der Waals surface area contributed by atoms with Crippen LogP contribution in [0.4, 0.5) is 17.6 Å². The van der Waals surface area contributed by atoms with Gasteiger partial charge in [0, 0.05) is 5.92 Å². The molecule has 0 amide bonds. The van der Waals surface area contributed by atoms with E-state index in [1.165, 1.54) is 0 Å². The molecule has 0 aromatic rings. The number of halogens is 4. The highest BCUT2D eigenvalue weighted by atomic mass is 19.4. The summed E-state index contributed by atoms with van der Waals surface area (Å²) in [6.45, 7) is 0. The molecule has 0 aliphatic heterocycles. The van der Waals surface area contributed by atoms with Crippen molar-refractivity contribution in [3.05, 3.63) is 0 Å². The fourth-order valence-corrected chi connectivity index (χ4v) is 2.26. The molecule has 1 aliphatic carbocycles. The Kier molecular flexibility index (Phi) is 3.80. The number of alkyl halides is 4. The zero-order chi connectivity index (χ0) is 12.4. The van der Waals surface area contributed by atoms with Crippen molar-refractivity contribution >= 4 is 5.97 Å². The Bertz CT molecular complexity index is 258. The maximum Gasteiger partial charge on any atom is 0.423 e. The predicted octanol–water partition coefficient (Wildman–Crippen LogP) is 3.31. The molecule has 1 atom stereocenters. The Hall–Kier alpha value is -0.810. The lowest BCUT2D eigenvalue weighted by Crippen LogP contribution is -2.49. The summed E-state index contributed by atoms with van der Waals surface area (Å²) >= 11 is 0. The molecule has 0 saturated heterocycles. The van der Waals surface area contributed by atoms with Gasteiger partial charge >= 0.3 is 12.1 Å². The second-order valence-corrected chi connectivity index (χ2v) is 4.27. The summed E-state index contributed by atoms with van der Waals surface area (Å²) in [4.78, 5) is 10.4. The number of carboxylic acids is 1. The summed E-state index contributed by atoms with van der Waals surface area (Å²) in [5.41, 5.74) is -3.57. The number of hydrogen-bond acceptors (Lipinski definition) is 1. The standard InChI is InChI=1S/C10H14F4O2/c11-9(6-8(15)16,10(12,13)14)7-4-2-1-3-5-7/h7H,1-6H2,(H,15,16). The van der Waals surface area contributed by atoms with Crippen LogP contribution in [0.1, 0.15) is 38.5 Å². The smallest absolute Gasteiger partial charge is 0.423 e. The molecule has 1 N–H and O–H groups in total. The molecular weight excluding hydrogens is 228 g/mol. The molecule has 1 rings (SSSR count). The molecule has 1 saturated carbocycles. The van der Waals surface area contributed by atoms with Crippen LogP contribution in [0.15, 0.2) is 0 Å². The van der Waals surface area contributed by atoms with Crippen LogP contribution >= 0.6 is 0 Å². The first-order valence-corrected chi connectivity index (χ1v) is 5.25. The van der Waals surface area contributed by atoms with Crippen molar-refractivity contribution < 1.29 is 27.5 Å². The van der Waals surface area contributed by atoms with Gasteiger partial charge in [-0.25, -0.2) is 4.39 Å². The monoisotopic (exact) mass is 242 g/mol. The van der Waals surface area contributed by atoms with E-state index in [-0.39, 0.29) is 12.8 Å². The first-order valence-electron chi connectivity index (χ1n) is 5.25. The second-order valence-electron chi connectivity index (χ2n) is 4.27. The zero-order valence-corrected chi connectivity index (χ0v) is 8.69. The van der Waals surface area contributed by atoms with E-state index >= 15 is 0 Å². The number of hydrogen-bond donors (Lipinski definition) is 1. The summed E-state index contributed by atoms with van der Waals surface area (Å²) in [7, 11) is 0. The lowest BCUT2D eigenvalue weighted by molar-refractivity contribution is -0.254. The molecule has 0 aromatic heterocycles. The van der Waals surface area contributed by atoms with Crippen LogP contribution < -0.4 is 0 Å². The van der Waals surface area contributed by atoms with Gasteiger partial charge in [0.15, 0.2) is 0 Å². The van der Waals surface area contributed by atoms with Gasteiger partial charge in [-0.05, 0) is 12.8 Å². The van der Waals surface area contributed by atoms with E-state index in [4.69, 9.17) is 5.11 Å². The summed E-state index contributed by atoms with van der Waals surface area (Å²) < 4.78 is 51.8. The number of carboxylic acid groups (broad SMARTS) is 1. The van der Waals surface area contributed by atoms with Crippen molar-refractivity contribution in [2.75, 3.05) is 0 Å². The topological polar surface area (TPSA) is 37.3 Å². The predicted molar refractivity (Wildman–Crippen MR) is 48.7 cm³/mol. The van der Waals surface area contributed by atoms with Crippen LogP contribution in [0.25, 0.3) is 0 Å². The largest absolute Gasteiger partial charge is 0.481 e. The first-order chi connectivity index (χ1) is 7.27. The van der Waals surface area contributed by atoms with Crippen molar-refractivity contribution in [1.82, 2.24) is 0 Å². The molecular formula is C10H14F4O2. The molecule has 6 heteroatoms. The number of carbonyl (C=O) groups is 1. The van der Waals surface area contributed by atoms with Crippen LogP contribution in [0.2, 0.25) is 0 Å². The fourth-order valence-electron chi connectivity index (χ4n) is 2.26. The zero-order valence-electron chi connectivity index (χ0n) is 8.69. The van der Waals surface area contributed by atoms with Crippen LogP contribution in [-0.4, -0.2) is 22.9 Å². The Balaban J connectivity index is 2.88. The highest BCUT2D eigenvalue weighted by molar-refractivity contribution is 5.68. The van der Waals surface area contributed by atoms with Crippen molar-refractivity contribution in [2.24, 2.45) is 5.92 Å². The van der Waals surface area contributed by atoms with Crippen molar-refractivity contribution in [1.29, 1.82) is 0 Å². The second kappa shape index (κ2) is 4.59. The van der Waals surface area contributed by atoms with E-state index in [1.54, 1.807) is 0 Å². The summed E-state index contributed by atoms with van der Waals surface area (Å²) in [5.74, 6) is -2.96. The van der Waals surface area contributed by atoms with Gasteiger partial charge in [-0.2, -0.15) is 13.2 Å². The van der Waals surface area contributed by atoms with E-state index in [2.05, 4.69) is 0 Å². The van der Waals surface area contributed by atoms with E-state index in [9.17, 15) is 22.4 Å². The van der Waals surface area contributed by atoms with Gasteiger partial charge < -0.3 is 5.11 Å². The molecule has 0 spiro atoms. The lowest BCUT2D eigenvalue weighted by atomic mass is 9.76. The normalized spacial score (nSPS) is 22.8. The van der Waals surface area contributed by atoms with E-state index < -0.39 is 30.2 Å². The van der Waals surface area contributed by atoms with Gasteiger partial charge in [0.1, 0.15) is 0 Å². The first kappa shape index (κ1) is 13.3. The van der Waals surface area contributed by atoms with E-state index in [0.29, 0.717) is 12.8 Å². The fraction of sp³-hybridized carbons (Fsp3) is 0.900. The summed E-state index contributed by atoms with van der Waals surface area (Å²) in [6, 6.07) is 0. The summed E-state index contributed by atoms with van der Waals surface area (Å²) in [5, 5.41) is 8.40. The molecule has 0 radical (unpaired) electrons. The van der Waals surface area contributed by atoms with Crippen LogP contribution in [-0.2, 0) is 4.79 Å². The van der Waals surface area contributed by atoms with Gasteiger partial charge in [0.05, 0.1) is 6.42 Å². The van der Waals surface area contributed by atoms with E-state index in [1.807, 2.05) is 0 Å². The molecule has 1 unspecified atom stereocenters. The number of aliphatic carboxylic acids is 1. The minimum Gasteiger partial charge on any atom is -0.481 e. The van der Waals surface area contributed by atoms with Crippen molar-refractivity contribution in [3.63, 3.8) is 0 Å². The molecule has 16 heavy (non-hydrogen) atoms. The van der Waals surface area contributed by atoms with Gasteiger partial charge in [0.2, 0.25) is 5.67 Å². The molecule has 0 bridgehead atoms. The molecule has 1 aliphatic rings. The van der Waals surface area contributed by atoms with Crippen LogP contribution in [0.3, 0.4) is 0 Å². The Morgan fingerprint density at radius 2 is 1.62 bits per heavy atom. The molecule has 94 valence electrons.